The van der Waals surface area contributed by atoms with Gasteiger partial charge in [-0.2, -0.15) is 14.6 Å². The minimum atomic E-state index is -0.139. The molecule has 0 spiro atoms. The first-order valence-electron chi connectivity index (χ1n) is 12.3. The molecule has 2 aromatic heterocycles. The van der Waals surface area contributed by atoms with E-state index in [0.29, 0.717) is 45.0 Å². The molecular formula is C25H31N7O3. The number of benzene rings is 1. The van der Waals surface area contributed by atoms with Crippen LogP contribution in [0.2, 0.25) is 0 Å². The highest BCUT2D eigenvalue weighted by molar-refractivity contribution is 5.81. The maximum Gasteiger partial charge on any atom is 0.254 e. The van der Waals surface area contributed by atoms with Gasteiger partial charge in [-0.05, 0) is 31.9 Å². The second-order valence-electron chi connectivity index (χ2n) is 9.13. The quantitative estimate of drug-likeness (QED) is 0.534. The van der Waals surface area contributed by atoms with Crippen LogP contribution in [-0.2, 0) is 9.59 Å². The van der Waals surface area contributed by atoms with Gasteiger partial charge in [0.05, 0.1) is 18.9 Å². The number of ether oxygens (including phenoxy) is 1. The van der Waals surface area contributed by atoms with Crippen LogP contribution in [-0.4, -0.2) is 87.1 Å². The average molecular weight is 478 g/mol. The summed E-state index contributed by atoms with van der Waals surface area (Å²) in [6.45, 7) is 6.21. The van der Waals surface area contributed by atoms with E-state index in [-0.39, 0.29) is 17.7 Å². The highest BCUT2D eigenvalue weighted by Crippen LogP contribution is 2.23. The number of anilines is 1. The number of likely N-dealkylation sites (tertiary alicyclic amines) is 1. The molecule has 2 fully saturated rings. The SMILES string of the molecule is Cc1cc(N2CCN(C(=O)C3CCCN(C(=O)CCOc4ccccc4)C3)CC2)n2ncnc2n1. The fourth-order valence-corrected chi connectivity index (χ4v) is 4.89. The van der Waals surface area contributed by atoms with E-state index in [1.165, 1.54) is 6.33 Å². The van der Waals surface area contributed by atoms with Crippen molar-refractivity contribution in [1.29, 1.82) is 0 Å². The monoisotopic (exact) mass is 477 g/mol. The lowest BCUT2D eigenvalue weighted by atomic mass is 9.96. The minimum absolute atomic E-state index is 0.0492. The molecule has 3 aromatic rings. The van der Waals surface area contributed by atoms with E-state index >= 15 is 0 Å². The van der Waals surface area contributed by atoms with Crippen molar-refractivity contribution in [3.63, 3.8) is 0 Å². The predicted octanol–water partition coefficient (Wildman–Crippen LogP) is 1.79. The van der Waals surface area contributed by atoms with E-state index in [9.17, 15) is 9.59 Å². The molecule has 4 heterocycles. The molecule has 2 aliphatic heterocycles. The third-order valence-corrected chi connectivity index (χ3v) is 6.73. The van der Waals surface area contributed by atoms with Crippen molar-refractivity contribution >= 4 is 23.4 Å². The fraction of sp³-hybridized carbons (Fsp3) is 0.480. The molecule has 5 rings (SSSR count). The average Bonchev–Trinajstić information content (AvgIpc) is 3.37. The van der Waals surface area contributed by atoms with E-state index in [1.54, 1.807) is 4.52 Å². The Balaban J connectivity index is 1.13. The summed E-state index contributed by atoms with van der Waals surface area (Å²) in [6, 6.07) is 11.5. The zero-order valence-electron chi connectivity index (χ0n) is 20.0. The molecule has 0 radical (unpaired) electrons. The van der Waals surface area contributed by atoms with Gasteiger partial charge in [0.2, 0.25) is 11.8 Å². The van der Waals surface area contributed by atoms with Crippen molar-refractivity contribution in [3.05, 3.63) is 48.4 Å². The van der Waals surface area contributed by atoms with E-state index < -0.39 is 0 Å². The molecule has 1 atom stereocenters. The van der Waals surface area contributed by atoms with Gasteiger partial charge in [-0.25, -0.2) is 4.98 Å². The number of carbonyl (C=O) groups is 2. The third-order valence-electron chi connectivity index (χ3n) is 6.73. The molecular weight excluding hydrogens is 446 g/mol. The summed E-state index contributed by atoms with van der Waals surface area (Å²) in [6.07, 6.45) is 3.50. The van der Waals surface area contributed by atoms with Gasteiger partial charge in [0.25, 0.3) is 5.78 Å². The van der Waals surface area contributed by atoms with Crippen LogP contribution < -0.4 is 9.64 Å². The molecule has 0 N–H and O–H groups in total. The number of rotatable bonds is 6. The normalized spacial score (nSPS) is 18.7. The maximum atomic E-state index is 13.3. The molecule has 1 aromatic carbocycles. The summed E-state index contributed by atoms with van der Waals surface area (Å²) in [5.74, 6) is 2.36. The second kappa shape index (κ2) is 10.3. The Bertz CT molecular complexity index is 1170. The summed E-state index contributed by atoms with van der Waals surface area (Å²) >= 11 is 0. The Morgan fingerprint density at radius 1 is 1.06 bits per heavy atom. The van der Waals surface area contributed by atoms with E-state index in [2.05, 4.69) is 20.0 Å². The first-order chi connectivity index (χ1) is 17.1. The second-order valence-corrected chi connectivity index (χ2v) is 9.13. The van der Waals surface area contributed by atoms with Crippen LogP contribution in [0.1, 0.15) is 25.0 Å². The van der Waals surface area contributed by atoms with Gasteiger partial charge in [0, 0.05) is 51.0 Å². The van der Waals surface area contributed by atoms with Crippen LogP contribution in [0, 0.1) is 12.8 Å². The Labute approximate surface area is 204 Å². The summed E-state index contributed by atoms with van der Waals surface area (Å²) in [5.41, 5.74) is 0.889. The molecule has 1 unspecified atom stereocenters. The standard InChI is InChI=1S/C25H31N7O3/c1-19-16-22(32-25(28-19)26-18-27-32)29-11-13-30(14-12-29)24(34)20-6-5-10-31(17-20)23(33)9-15-35-21-7-3-2-4-8-21/h2-4,7-8,16,18,20H,5-6,9-15,17H2,1H3. The lowest BCUT2D eigenvalue weighted by Gasteiger charge is -2.39. The molecule has 10 heteroatoms. The number of amides is 2. The van der Waals surface area contributed by atoms with Crippen molar-refractivity contribution in [2.75, 3.05) is 50.8 Å². The lowest BCUT2D eigenvalue weighted by Crippen LogP contribution is -2.53. The Kier molecular flexibility index (Phi) is 6.78. The predicted molar refractivity (Wildman–Crippen MR) is 130 cm³/mol. The molecule has 0 bridgehead atoms. The van der Waals surface area contributed by atoms with Gasteiger partial charge in [-0.15, -0.1) is 0 Å². The first-order valence-corrected chi connectivity index (χ1v) is 12.3. The van der Waals surface area contributed by atoms with Crippen molar-refractivity contribution in [2.24, 2.45) is 5.92 Å². The van der Waals surface area contributed by atoms with Gasteiger partial charge >= 0.3 is 0 Å². The summed E-state index contributed by atoms with van der Waals surface area (Å²) in [5, 5.41) is 4.30. The molecule has 35 heavy (non-hydrogen) atoms. The third kappa shape index (κ3) is 5.21. The minimum Gasteiger partial charge on any atom is -0.493 e. The lowest BCUT2D eigenvalue weighted by molar-refractivity contribution is -0.141. The van der Waals surface area contributed by atoms with Crippen molar-refractivity contribution in [2.45, 2.75) is 26.2 Å². The summed E-state index contributed by atoms with van der Waals surface area (Å²) in [4.78, 5) is 40.7. The zero-order chi connectivity index (χ0) is 24.2. The number of fused-ring (bicyclic) bond motifs is 1. The molecule has 2 saturated heterocycles. The molecule has 2 aliphatic rings. The first kappa shape index (κ1) is 23.1. The van der Waals surface area contributed by atoms with Gasteiger partial charge < -0.3 is 19.4 Å². The smallest absolute Gasteiger partial charge is 0.254 e. The number of piperidine rings is 1. The Morgan fingerprint density at radius 2 is 1.86 bits per heavy atom. The van der Waals surface area contributed by atoms with Crippen LogP contribution in [0.25, 0.3) is 5.78 Å². The Morgan fingerprint density at radius 3 is 2.66 bits per heavy atom. The molecule has 0 saturated carbocycles. The van der Waals surface area contributed by atoms with Crippen LogP contribution in [0.3, 0.4) is 0 Å². The molecule has 0 aliphatic carbocycles. The fourth-order valence-electron chi connectivity index (χ4n) is 4.89. The number of piperazine rings is 1. The number of para-hydroxylation sites is 1. The van der Waals surface area contributed by atoms with Crippen LogP contribution >= 0.6 is 0 Å². The maximum absolute atomic E-state index is 13.3. The number of hydrogen-bond acceptors (Lipinski definition) is 7. The van der Waals surface area contributed by atoms with Crippen molar-refractivity contribution in [3.8, 4) is 5.75 Å². The van der Waals surface area contributed by atoms with E-state index in [0.717, 1.165) is 43.2 Å². The number of carbonyl (C=O) groups excluding carboxylic acids is 2. The van der Waals surface area contributed by atoms with Crippen LogP contribution in [0.4, 0.5) is 5.82 Å². The number of aromatic nitrogens is 4. The molecule has 10 nitrogen and oxygen atoms in total. The van der Waals surface area contributed by atoms with E-state index in [4.69, 9.17) is 4.74 Å². The Hall–Kier alpha value is -3.69. The van der Waals surface area contributed by atoms with Crippen LogP contribution in [0.15, 0.2) is 42.7 Å². The number of nitrogens with zero attached hydrogens (tertiary/aromatic N) is 7. The van der Waals surface area contributed by atoms with E-state index in [1.807, 2.05) is 53.1 Å². The largest absolute Gasteiger partial charge is 0.493 e. The van der Waals surface area contributed by atoms with Gasteiger partial charge in [-0.1, -0.05) is 18.2 Å². The highest BCUT2D eigenvalue weighted by Gasteiger charge is 2.33. The zero-order valence-corrected chi connectivity index (χ0v) is 20.0. The molecule has 184 valence electrons. The molecule has 2 amide bonds. The van der Waals surface area contributed by atoms with Crippen LogP contribution in [0.5, 0.6) is 5.75 Å². The topological polar surface area (TPSA) is 96.2 Å². The van der Waals surface area contributed by atoms with Gasteiger partial charge in [-0.3, -0.25) is 9.59 Å². The highest BCUT2D eigenvalue weighted by atomic mass is 16.5. The van der Waals surface area contributed by atoms with Crippen molar-refractivity contribution in [1.82, 2.24) is 29.4 Å². The van der Waals surface area contributed by atoms with Gasteiger partial charge in [0.15, 0.2) is 0 Å². The van der Waals surface area contributed by atoms with Gasteiger partial charge in [0.1, 0.15) is 17.9 Å². The van der Waals surface area contributed by atoms with Crippen molar-refractivity contribution < 1.29 is 14.3 Å². The number of aryl methyl sites for hydroxylation is 1. The summed E-state index contributed by atoms with van der Waals surface area (Å²) < 4.78 is 7.42. The summed E-state index contributed by atoms with van der Waals surface area (Å²) in [7, 11) is 0. The number of hydrogen-bond donors (Lipinski definition) is 0.